The van der Waals surface area contributed by atoms with Gasteiger partial charge in [0.1, 0.15) is 0 Å². The van der Waals surface area contributed by atoms with E-state index < -0.39 is 0 Å². The Bertz CT molecular complexity index is 560. The van der Waals surface area contributed by atoms with Gasteiger partial charge in [0.15, 0.2) is 5.65 Å². The minimum absolute atomic E-state index is 0.123. The Labute approximate surface area is 92.5 Å². The largest absolute Gasteiger partial charge is 0.338 e. The predicted octanol–water partition coefficient (Wildman–Crippen LogP) is 0.863. The average Bonchev–Trinajstić information content (AvgIpc) is 2.76. The van der Waals surface area contributed by atoms with Crippen LogP contribution in [0.2, 0.25) is 0 Å². The summed E-state index contributed by atoms with van der Waals surface area (Å²) in [6.45, 7) is 3.06. The fourth-order valence-electron chi connectivity index (χ4n) is 2.22. The molecule has 0 bridgehead atoms. The first-order valence-electron chi connectivity index (χ1n) is 5.31. The van der Waals surface area contributed by atoms with Gasteiger partial charge in [-0.3, -0.25) is 9.89 Å². The van der Waals surface area contributed by atoms with E-state index in [9.17, 15) is 4.79 Å². The number of nitrogens with zero attached hydrogens (tertiary/aromatic N) is 3. The van der Waals surface area contributed by atoms with Gasteiger partial charge in [0.2, 0.25) is 5.91 Å². The van der Waals surface area contributed by atoms with Crippen molar-refractivity contribution >= 4 is 16.9 Å². The van der Waals surface area contributed by atoms with Crippen molar-refractivity contribution < 1.29 is 4.79 Å². The highest BCUT2D eigenvalue weighted by atomic mass is 16.2. The minimum atomic E-state index is 0.123. The predicted molar refractivity (Wildman–Crippen MR) is 58.7 cm³/mol. The van der Waals surface area contributed by atoms with E-state index >= 15 is 0 Å². The summed E-state index contributed by atoms with van der Waals surface area (Å²) in [5.41, 5.74) is 3.24. The van der Waals surface area contributed by atoms with Crippen LogP contribution >= 0.6 is 0 Å². The van der Waals surface area contributed by atoms with Crippen molar-refractivity contribution in [3.8, 4) is 0 Å². The van der Waals surface area contributed by atoms with Crippen molar-refractivity contribution in [3.63, 3.8) is 0 Å². The number of nitrogens with one attached hydrogen (secondary N) is 1. The van der Waals surface area contributed by atoms with E-state index in [-0.39, 0.29) is 5.91 Å². The van der Waals surface area contributed by atoms with Crippen molar-refractivity contribution in [1.29, 1.82) is 0 Å². The van der Waals surface area contributed by atoms with E-state index in [2.05, 4.69) is 15.2 Å². The van der Waals surface area contributed by atoms with E-state index in [1.54, 1.807) is 6.92 Å². The monoisotopic (exact) mass is 216 g/mol. The van der Waals surface area contributed by atoms with Crippen LogP contribution in [0.4, 0.5) is 0 Å². The van der Waals surface area contributed by atoms with Gasteiger partial charge in [0, 0.05) is 31.6 Å². The van der Waals surface area contributed by atoms with Crippen LogP contribution in [0.1, 0.15) is 18.1 Å². The number of rotatable bonds is 0. The summed E-state index contributed by atoms with van der Waals surface area (Å²) in [4.78, 5) is 17.4. The lowest BCUT2D eigenvalue weighted by atomic mass is 9.99. The summed E-state index contributed by atoms with van der Waals surface area (Å²) < 4.78 is 0. The molecule has 0 aliphatic carbocycles. The molecule has 0 fully saturated rings. The van der Waals surface area contributed by atoms with Crippen LogP contribution < -0.4 is 0 Å². The Morgan fingerprint density at radius 2 is 2.38 bits per heavy atom. The van der Waals surface area contributed by atoms with Gasteiger partial charge in [-0.15, -0.1) is 0 Å². The molecule has 5 nitrogen and oxygen atoms in total. The third-order valence-electron chi connectivity index (χ3n) is 3.12. The molecule has 0 atom stereocenters. The van der Waals surface area contributed by atoms with Crippen LogP contribution in [-0.4, -0.2) is 32.5 Å². The van der Waals surface area contributed by atoms with Crippen molar-refractivity contribution in [3.05, 3.63) is 23.5 Å². The number of hydrogen-bond acceptors (Lipinski definition) is 3. The number of H-pyrrole nitrogens is 1. The Morgan fingerprint density at radius 1 is 1.50 bits per heavy atom. The third-order valence-corrected chi connectivity index (χ3v) is 3.12. The molecule has 3 heterocycles. The number of aromatic amines is 1. The van der Waals surface area contributed by atoms with E-state index in [0.29, 0.717) is 6.54 Å². The normalized spacial score (nSPS) is 15.2. The zero-order valence-corrected chi connectivity index (χ0v) is 9.03. The number of amides is 1. The van der Waals surface area contributed by atoms with Gasteiger partial charge < -0.3 is 4.90 Å². The zero-order chi connectivity index (χ0) is 11.1. The lowest BCUT2D eigenvalue weighted by molar-refractivity contribution is -0.129. The van der Waals surface area contributed by atoms with Gasteiger partial charge >= 0.3 is 0 Å². The lowest BCUT2D eigenvalue weighted by Gasteiger charge is -2.27. The molecule has 0 aromatic carbocycles. The molecule has 1 amide bonds. The molecule has 0 saturated carbocycles. The first-order chi connectivity index (χ1) is 7.75. The second kappa shape index (κ2) is 3.30. The third kappa shape index (κ3) is 1.28. The number of fused-ring (bicyclic) bond motifs is 3. The molecule has 3 rings (SSSR count). The van der Waals surface area contributed by atoms with Gasteiger partial charge in [-0.2, -0.15) is 5.10 Å². The Kier molecular flexibility index (Phi) is 1.92. The molecular weight excluding hydrogens is 204 g/mol. The van der Waals surface area contributed by atoms with E-state index in [1.807, 2.05) is 17.3 Å². The van der Waals surface area contributed by atoms with Gasteiger partial charge in [-0.1, -0.05) is 0 Å². The molecule has 16 heavy (non-hydrogen) atoms. The Morgan fingerprint density at radius 3 is 3.19 bits per heavy atom. The van der Waals surface area contributed by atoms with E-state index in [1.165, 1.54) is 5.56 Å². The van der Waals surface area contributed by atoms with Gasteiger partial charge in [-0.25, -0.2) is 4.98 Å². The van der Waals surface area contributed by atoms with Crippen LogP contribution in [0.15, 0.2) is 12.4 Å². The van der Waals surface area contributed by atoms with Gasteiger partial charge in [0.25, 0.3) is 0 Å². The van der Waals surface area contributed by atoms with Crippen LogP contribution in [0.5, 0.6) is 0 Å². The molecule has 0 radical (unpaired) electrons. The molecule has 0 spiro atoms. The van der Waals surface area contributed by atoms with Gasteiger partial charge in [0.05, 0.1) is 6.20 Å². The van der Waals surface area contributed by atoms with Crippen molar-refractivity contribution in [2.45, 2.75) is 19.9 Å². The molecule has 5 heteroatoms. The summed E-state index contributed by atoms with van der Waals surface area (Å²) in [5, 5.41) is 7.94. The van der Waals surface area contributed by atoms with Crippen molar-refractivity contribution in [1.82, 2.24) is 20.1 Å². The summed E-state index contributed by atoms with van der Waals surface area (Å²) in [7, 11) is 0. The second-order valence-electron chi connectivity index (χ2n) is 4.08. The van der Waals surface area contributed by atoms with Crippen LogP contribution in [0.25, 0.3) is 11.0 Å². The van der Waals surface area contributed by atoms with Crippen molar-refractivity contribution in [2.24, 2.45) is 0 Å². The zero-order valence-electron chi connectivity index (χ0n) is 9.03. The molecule has 2 aromatic rings. The number of carbonyl (C=O) groups is 1. The molecule has 82 valence electrons. The summed E-state index contributed by atoms with van der Waals surface area (Å²) in [6, 6.07) is 0. The smallest absolute Gasteiger partial charge is 0.219 e. The maximum atomic E-state index is 11.3. The highest BCUT2D eigenvalue weighted by molar-refractivity contribution is 5.80. The average molecular weight is 216 g/mol. The molecule has 2 aromatic heterocycles. The van der Waals surface area contributed by atoms with Crippen LogP contribution in [0.3, 0.4) is 0 Å². The topological polar surface area (TPSA) is 61.9 Å². The molecule has 0 saturated heterocycles. The van der Waals surface area contributed by atoms with E-state index in [0.717, 1.165) is 29.6 Å². The van der Waals surface area contributed by atoms with E-state index in [4.69, 9.17) is 0 Å². The minimum Gasteiger partial charge on any atom is -0.338 e. The number of pyridine rings is 1. The maximum absolute atomic E-state index is 11.3. The standard InChI is InChI=1S/C11H12N4O/c1-7(16)15-3-2-9-8(6-15)4-12-11-10(9)5-13-14-11/h4-5H,2-3,6H2,1H3,(H,12,13,14). The van der Waals surface area contributed by atoms with Gasteiger partial charge in [-0.05, 0) is 17.5 Å². The second-order valence-corrected chi connectivity index (χ2v) is 4.08. The fraction of sp³-hybridized carbons (Fsp3) is 0.364. The molecule has 1 aliphatic rings. The summed E-state index contributed by atoms with van der Waals surface area (Å²) in [6.07, 6.45) is 4.53. The fourth-order valence-corrected chi connectivity index (χ4v) is 2.22. The number of carbonyl (C=O) groups excluding carboxylic acids is 1. The summed E-state index contributed by atoms with van der Waals surface area (Å²) in [5.74, 6) is 0.123. The molecule has 1 N–H and O–H groups in total. The molecular formula is C11H12N4O. The maximum Gasteiger partial charge on any atom is 0.219 e. The lowest BCUT2D eigenvalue weighted by Crippen LogP contribution is -2.34. The summed E-state index contributed by atoms with van der Waals surface area (Å²) >= 11 is 0. The van der Waals surface area contributed by atoms with Crippen LogP contribution in [0, 0.1) is 0 Å². The van der Waals surface area contributed by atoms with Crippen molar-refractivity contribution in [2.75, 3.05) is 6.54 Å². The highest BCUT2D eigenvalue weighted by Gasteiger charge is 2.20. The molecule has 0 unspecified atom stereocenters. The SMILES string of the molecule is CC(=O)N1CCc2c(cnc3[nH]ncc23)C1. The number of hydrogen-bond donors (Lipinski definition) is 1. The quantitative estimate of drug-likeness (QED) is 0.710. The Hall–Kier alpha value is -1.91. The first kappa shape index (κ1) is 9.33. The molecule has 1 aliphatic heterocycles. The number of aromatic nitrogens is 3. The Balaban J connectivity index is 2.09. The van der Waals surface area contributed by atoms with Crippen LogP contribution in [-0.2, 0) is 17.8 Å². The highest BCUT2D eigenvalue weighted by Crippen LogP contribution is 2.24. The first-order valence-corrected chi connectivity index (χ1v) is 5.31.